The molecule has 134 valence electrons. The molecule has 2 atom stereocenters. The van der Waals surface area contributed by atoms with Crippen molar-refractivity contribution in [1.29, 1.82) is 0 Å². The molecule has 0 aromatic heterocycles. The van der Waals surface area contributed by atoms with Crippen molar-refractivity contribution in [3.05, 3.63) is 0 Å². The molecule has 0 aromatic rings. The van der Waals surface area contributed by atoms with Crippen LogP contribution in [0.2, 0.25) is 41.4 Å². The second-order valence-corrected chi connectivity index (χ2v) is 21.1. The Hall–Kier alpha value is 0.354. The van der Waals surface area contributed by atoms with Gasteiger partial charge in [-0.3, -0.25) is 0 Å². The van der Waals surface area contributed by atoms with E-state index in [0.717, 1.165) is 28.4 Å². The van der Waals surface area contributed by atoms with E-state index in [0.29, 0.717) is 0 Å². The third-order valence-electron chi connectivity index (χ3n) is 5.83. The summed E-state index contributed by atoms with van der Waals surface area (Å²) in [7, 11) is 0.860. The average Bonchev–Trinajstić information content (AvgIpc) is 2.34. The molecule has 0 aromatic carbocycles. The first-order chi connectivity index (χ1) is 9.95. The van der Waals surface area contributed by atoms with Crippen LogP contribution in [0.5, 0.6) is 0 Å². The van der Waals surface area contributed by atoms with Crippen LogP contribution in [-0.4, -0.2) is 43.1 Å². The summed E-state index contributed by atoms with van der Waals surface area (Å²) in [6, 6.07) is 0. The van der Waals surface area contributed by atoms with Gasteiger partial charge < -0.3 is 9.47 Å². The lowest BCUT2D eigenvalue weighted by atomic mass is 10.3. The lowest BCUT2D eigenvalue weighted by Gasteiger charge is -2.54. The molecule has 0 aliphatic carbocycles. The summed E-state index contributed by atoms with van der Waals surface area (Å²) in [4.78, 5) is 0. The van der Waals surface area contributed by atoms with Crippen molar-refractivity contribution in [3.63, 3.8) is 0 Å². The lowest BCUT2D eigenvalue weighted by Crippen LogP contribution is -2.57. The van der Waals surface area contributed by atoms with E-state index in [-0.39, 0.29) is 6.10 Å². The fourth-order valence-corrected chi connectivity index (χ4v) is 22.3. The van der Waals surface area contributed by atoms with Gasteiger partial charge in [-0.25, -0.2) is 0 Å². The van der Waals surface area contributed by atoms with E-state index in [9.17, 15) is 0 Å². The molecule has 4 heteroatoms. The average molecular weight is 347 g/mol. The topological polar surface area (TPSA) is 18.5 Å². The van der Waals surface area contributed by atoms with E-state index in [2.05, 4.69) is 61.2 Å². The highest BCUT2D eigenvalue weighted by molar-refractivity contribution is 6.99. The standard InChI is InChI=1S/C18H42O2Si2/c1-14(2)22(15(3)4,16(5)6)18(21(9,10)11)12-17(20-8)13-19-7/h14-18H,12-13H2,1-11H3/t17-,18-/m0/s1. The van der Waals surface area contributed by atoms with Crippen LogP contribution in [0.4, 0.5) is 0 Å². The van der Waals surface area contributed by atoms with E-state index >= 15 is 0 Å². The van der Waals surface area contributed by atoms with Crippen LogP contribution in [-0.2, 0) is 9.47 Å². The van der Waals surface area contributed by atoms with E-state index in [1.807, 2.05) is 7.11 Å². The van der Waals surface area contributed by atoms with Gasteiger partial charge in [0.15, 0.2) is 0 Å². The molecule has 22 heavy (non-hydrogen) atoms. The van der Waals surface area contributed by atoms with Crippen molar-refractivity contribution in [2.24, 2.45) is 0 Å². The van der Waals surface area contributed by atoms with Gasteiger partial charge in [0.25, 0.3) is 0 Å². The van der Waals surface area contributed by atoms with Crippen LogP contribution in [0.1, 0.15) is 48.0 Å². The third kappa shape index (κ3) is 4.92. The van der Waals surface area contributed by atoms with Crippen LogP contribution < -0.4 is 0 Å². The number of rotatable bonds is 10. The van der Waals surface area contributed by atoms with Crippen molar-refractivity contribution < 1.29 is 9.47 Å². The maximum absolute atomic E-state index is 5.77. The predicted molar refractivity (Wildman–Crippen MR) is 105 cm³/mol. The van der Waals surface area contributed by atoms with Gasteiger partial charge in [0.05, 0.1) is 20.8 Å². The van der Waals surface area contributed by atoms with Gasteiger partial charge in [-0.1, -0.05) is 77.8 Å². The fraction of sp³-hybridized carbons (Fsp3) is 1.00. The number of ether oxygens (including phenoxy) is 2. The molecule has 0 saturated heterocycles. The molecule has 0 aliphatic rings. The molecule has 0 amide bonds. The van der Waals surface area contributed by atoms with Crippen LogP contribution in [0.15, 0.2) is 0 Å². The minimum Gasteiger partial charge on any atom is -0.382 e. The highest BCUT2D eigenvalue weighted by Crippen LogP contribution is 2.54. The van der Waals surface area contributed by atoms with Crippen molar-refractivity contribution in [2.75, 3.05) is 20.8 Å². The number of hydrogen-bond donors (Lipinski definition) is 0. The van der Waals surface area contributed by atoms with Gasteiger partial charge >= 0.3 is 0 Å². The molecule has 0 saturated carbocycles. The molecular formula is C18H42O2Si2. The molecule has 0 heterocycles. The fourth-order valence-electron chi connectivity index (χ4n) is 5.20. The zero-order chi connectivity index (χ0) is 17.7. The molecule has 0 unspecified atom stereocenters. The summed E-state index contributed by atoms with van der Waals surface area (Å²) in [5.41, 5.74) is 2.43. The maximum atomic E-state index is 5.77. The van der Waals surface area contributed by atoms with Crippen molar-refractivity contribution >= 4 is 16.1 Å². The molecule has 0 rings (SSSR count). The Balaban J connectivity index is 5.90. The largest absolute Gasteiger partial charge is 0.382 e. The summed E-state index contributed by atoms with van der Waals surface area (Å²) in [6.07, 6.45) is 1.42. The van der Waals surface area contributed by atoms with Crippen LogP contribution in [0.25, 0.3) is 0 Å². The van der Waals surface area contributed by atoms with Crippen molar-refractivity contribution in [2.45, 2.75) is 95.5 Å². The first kappa shape index (κ1) is 22.4. The molecule has 0 radical (unpaired) electrons. The number of methoxy groups -OCH3 is 2. The zero-order valence-electron chi connectivity index (χ0n) is 17.1. The van der Waals surface area contributed by atoms with E-state index in [4.69, 9.17) is 9.47 Å². The SMILES string of the molecule is COC[C@H](C[C@@H]([Si](C)(C)C)[Si](C(C)C)(C(C)C)C(C)C)OC. The summed E-state index contributed by atoms with van der Waals surface area (Å²) in [6.45, 7) is 23.3. The van der Waals surface area contributed by atoms with Gasteiger partial charge in [-0.15, -0.1) is 0 Å². The minimum atomic E-state index is -1.47. The van der Waals surface area contributed by atoms with Gasteiger partial charge in [0.2, 0.25) is 0 Å². The molecule has 0 N–H and O–H groups in total. The van der Waals surface area contributed by atoms with E-state index < -0.39 is 16.1 Å². The molecule has 0 fully saturated rings. The number of hydrogen-bond acceptors (Lipinski definition) is 2. The first-order valence-corrected chi connectivity index (χ1v) is 14.9. The molecule has 0 aliphatic heterocycles. The van der Waals surface area contributed by atoms with Crippen LogP contribution in [0, 0.1) is 0 Å². The third-order valence-corrected chi connectivity index (χ3v) is 19.7. The summed E-state index contributed by atoms with van der Waals surface area (Å²) < 4.78 is 11.2. The summed E-state index contributed by atoms with van der Waals surface area (Å²) in [5, 5.41) is 0.861. The molecule has 2 nitrogen and oxygen atoms in total. The monoisotopic (exact) mass is 346 g/mol. The van der Waals surface area contributed by atoms with Crippen molar-refractivity contribution in [3.8, 4) is 0 Å². The lowest BCUT2D eigenvalue weighted by molar-refractivity contribution is 0.0244. The molecule has 0 bridgehead atoms. The smallest absolute Gasteiger partial charge is 0.0801 e. The predicted octanol–water partition coefficient (Wildman–Crippen LogP) is 5.96. The second kappa shape index (κ2) is 9.00. The van der Waals surface area contributed by atoms with Crippen molar-refractivity contribution in [1.82, 2.24) is 0 Å². The van der Waals surface area contributed by atoms with E-state index in [1.165, 1.54) is 6.42 Å². The quantitative estimate of drug-likeness (QED) is 0.454. The Morgan fingerprint density at radius 1 is 0.773 bits per heavy atom. The summed E-state index contributed by atoms with van der Waals surface area (Å²) >= 11 is 0. The highest BCUT2D eigenvalue weighted by Gasteiger charge is 2.53. The second-order valence-electron chi connectivity index (χ2n) is 8.93. The van der Waals surface area contributed by atoms with Gasteiger partial charge in [-0.05, 0) is 11.6 Å². The minimum absolute atomic E-state index is 0.241. The molecular weight excluding hydrogens is 304 g/mol. The normalized spacial score (nSPS) is 16.6. The molecule has 0 spiro atoms. The maximum Gasteiger partial charge on any atom is 0.0801 e. The first-order valence-electron chi connectivity index (χ1n) is 8.97. The Bertz CT molecular complexity index is 287. The van der Waals surface area contributed by atoms with Crippen LogP contribution in [0.3, 0.4) is 0 Å². The van der Waals surface area contributed by atoms with Gasteiger partial charge in [0, 0.05) is 22.3 Å². The Morgan fingerprint density at radius 2 is 1.18 bits per heavy atom. The van der Waals surface area contributed by atoms with Crippen LogP contribution >= 0.6 is 0 Å². The zero-order valence-corrected chi connectivity index (χ0v) is 19.1. The van der Waals surface area contributed by atoms with Gasteiger partial charge in [-0.2, -0.15) is 0 Å². The Morgan fingerprint density at radius 3 is 1.41 bits per heavy atom. The Labute approximate surface area is 142 Å². The Kier molecular flexibility index (Phi) is 9.14. The summed E-state index contributed by atoms with van der Waals surface area (Å²) in [5.74, 6) is 0. The van der Waals surface area contributed by atoms with E-state index in [1.54, 1.807) is 7.11 Å². The highest BCUT2D eigenvalue weighted by atomic mass is 28.4. The van der Waals surface area contributed by atoms with Gasteiger partial charge in [0.1, 0.15) is 0 Å².